The van der Waals surface area contributed by atoms with E-state index in [0.717, 1.165) is 10.6 Å². The van der Waals surface area contributed by atoms with E-state index in [0.29, 0.717) is 21.1 Å². The first-order chi connectivity index (χ1) is 16.0. The highest BCUT2D eigenvalue weighted by Crippen LogP contribution is 2.32. The molecule has 0 spiro atoms. The maximum Gasteiger partial charge on any atom is 0.260 e. The Kier molecular flexibility index (Phi) is 6.34. The highest BCUT2D eigenvalue weighted by Gasteiger charge is 2.24. The summed E-state index contributed by atoms with van der Waals surface area (Å²) in [5, 5.41) is 0.354. The summed E-state index contributed by atoms with van der Waals surface area (Å²) in [5.41, 5.74) is 0.817. The van der Waals surface area contributed by atoms with Crippen LogP contribution in [0, 0.1) is 0 Å². The fourth-order valence-electron chi connectivity index (χ4n) is 3.16. The molecule has 12 heteroatoms. The Morgan fingerprint density at radius 3 is 2.26 bits per heavy atom. The number of thiazole rings is 1. The number of rotatable bonds is 7. The minimum absolute atomic E-state index is 0.0694. The average molecular weight is 520 g/mol. The van der Waals surface area contributed by atoms with Crippen LogP contribution in [0.1, 0.15) is 16.1 Å². The van der Waals surface area contributed by atoms with Crippen molar-refractivity contribution < 1.29 is 26.0 Å². The number of carbonyl (C=O) groups excluding carboxylic acids is 1. The third-order valence-electron chi connectivity index (χ3n) is 5.03. The van der Waals surface area contributed by atoms with Gasteiger partial charge in [0.2, 0.25) is 10.0 Å². The molecule has 0 unspecified atom stereocenters. The number of hydrogen-bond donors (Lipinski definition) is 0. The number of fused-ring (bicyclic) bond motifs is 1. The molecule has 1 amide bonds. The van der Waals surface area contributed by atoms with Crippen molar-refractivity contribution in [3.63, 3.8) is 0 Å². The lowest BCUT2D eigenvalue weighted by molar-refractivity contribution is 0.0983. The van der Waals surface area contributed by atoms with E-state index >= 15 is 0 Å². The molecule has 0 aliphatic rings. The van der Waals surface area contributed by atoms with Crippen LogP contribution in [0.4, 0.5) is 5.13 Å². The van der Waals surface area contributed by atoms with Crippen LogP contribution in [0.3, 0.4) is 0 Å². The molecule has 4 rings (SSSR count). The van der Waals surface area contributed by atoms with E-state index in [1.54, 1.807) is 18.2 Å². The van der Waals surface area contributed by atoms with Crippen molar-refractivity contribution in [3.8, 4) is 0 Å². The maximum atomic E-state index is 13.5. The molecule has 9 nitrogen and oxygen atoms in total. The molecule has 2 aromatic carbocycles. The van der Waals surface area contributed by atoms with Gasteiger partial charge in [-0.2, -0.15) is 0 Å². The number of sulfone groups is 1. The molecule has 0 aliphatic heterocycles. The summed E-state index contributed by atoms with van der Waals surface area (Å²) < 4.78 is 55.7. The first kappa shape index (κ1) is 24.1. The Labute approximate surface area is 201 Å². The van der Waals surface area contributed by atoms with Crippen LogP contribution >= 0.6 is 11.3 Å². The van der Waals surface area contributed by atoms with E-state index in [-0.39, 0.29) is 21.9 Å². The van der Waals surface area contributed by atoms with Gasteiger partial charge in [0, 0.05) is 25.9 Å². The smallest absolute Gasteiger partial charge is 0.260 e. The highest BCUT2D eigenvalue weighted by atomic mass is 32.2. The quantitative estimate of drug-likeness (QED) is 0.367. The zero-order valence-electron chi connectivity index (χ0n) is 18.5. The van der Waals surface area contributed by atoms with Gasteiger partial charge in [0.15, 0.2) is 15.0 Å². The number of hydrogen-bond acceptors (Lipinski definition) is 8. The van der Waals surface area contributed by atoms with E-state index in [1.807, 2.05) is 0 Å². The SMILES string of the molecule is CN(C)S(=O)(=O)c1ccc(C(=O)N(Cc2ccco2)c2nc3ccc(S(C)(=O)=O)cc3s2)cc1. The van der Waals surface area contributed by atoms with Crippen molar-refractivity contribution in [2.24, 2.45) is 0 Å². The van der Waals surface area contributed by atoms with Gasteiger partial charge in [-0.25, -0.2) is 26.1 Å². The molecule has 2 aromatic heterocycles. The second-order valence-corrected chi connectivity index (χ2v) is 12.9. The number of sulfonamides is 1. The minimum Gasteiger partial charge on any atom is -0.467 e. The number of anilines is 1. The summed E-state index contributed by atoms with van der Waals surface area (Å²) in [7, 11) is -4.16. The number of carbonyl (C=O) groups is 1. The summed E-state index contributed by atoms with van der Waals surface area (Å²) in [6, 6.07) is 13.7. The molecule has 0 fully saturated rings. The molecule has 0 N–H and O–H groups in total. The van der Waals surface area contributed by atoms with Gasteiger partial charge in [-0.3, -0.25) is 9.69 Å². The number of furan rings is 1. The Bertz CT molecular complexity index is 1560. The third-order valence-corrected chi connectivity index (χ3v) is 9.01. The molecule has 0 atom stereocenters. The Hall–Kier alpha value is -3.06. The molecule has 4 aromatic rings. The highest BCUT2D eigenvalue weighted by molar-refractivity contribution is 7.90. The van der Waals surface area contributed by atoms with Crippen molar-refractivity contribution in [3.05, 3.63) is 72.2 Å². The van der Waals surface area contributed by atoms with Gasteiger partial charge in [0.25, 0.3) is 5.91 Å². The molecular formula is C22H21N3O6S3. The topological polar surface area (TPSA) is 118 Å². The molecule has 2 heterocycles. The van der Waals surface area contributed by atoms with Gasteiger partial charge < -0.3 is 4.42 Å². The normalized spacial score (nSPS) is 12.4. The lowest BCUT2D eigenvalue weighted by Gasteiger charge is -2.19. The van der Waals surface area contributed by atoms with E-state index in [1.165, 1.54) is 73.0 Å². The monoisotopic (exact) mass is 519 g/mol. The van der Waals surface area contributed by atoms with Crippen molar-refractivity contribution >= 4 is 52.5 Å². The van der Waals surface area contributed by atoms with Gasteiger partial charge >= 0.3 is 0 Å². The van der Waals surface area contributed by atoms with Gasteiger partial charge in [-0.15, -0.1) is 0 Å². The van der Waals surface area contributed by atoms with E-state index in [4.69, 9.17) is 4.42 Å². The molecule has 0 saturated heterocycles. The lowest BCUT2D eigenvalue weighted by atomic mass is 10.2. The first-order valence-electron chi connectivity index (χ1n) is 9.94. The zero-order valence-corrected chi connectivity index (χ0v) is 20.9. The van der Waals surface area contributed by atoms with Crippen molar-refractivity contribution in [1.29, 1.82) is 0 Å². The van der Waals surface area contributed by atoms with Crippen LogP contribution in [0.15, 0.2) is 75.1 Å². The largest absolute Gasteiger partial charge is 0.467 e. The maximum absolute atomic E-state index is 13.5. The summed E-state index contributed by atoms with van der Waals surface area (Å²) in [4.78, 5) is 19.6. The van der Waals surface area contributed by atoms with Gasteiger partial charge in [-0.1, -0.05) is 11.3 Å². The molecular weight excluding hydrogens is 498 g/mol. The zero-order chi connectivity index (χ0) is 24.7. The number of aromatic nitrogens is 1. The summed E-state index contributed by atoms with van der Waals surface area (Å²) in [6.45, 7) is 0.0857. The molecule has 0 aliphatic carbocycles. The third kappa shape index (κ3) is 4.75. The van der Waals surface area contributed by atoms with E-state index in [2.05, 4.69) is 4.98 Å². The summed E-state index contributed by atoms with van der Waals surface area (Å²) in [5.74, 6) is 0.115. The van der Waals surface area contributed by atoms with Crippen LogP contribution in [0.2, 0.25) is 0 Å². The molecule has 178 valence electrons. The van der Waals surface area contributed by atoms with Crippen LogP contribution in [-0.2, 0) is 26.4 Å². The molecule has 0 saturated carbocycles. The molecule has 0 bridgehead atoms. The van der Waals surface area contributed by atoms with Crippen molar-refractivity contribution in [2.75, 3.05) is 25.3 Å². The fourth-order valence-corrected chi connectivity index (χ4v) is 5.79. The predicted octanol–water partition coefficient (Wildman–Crippen LogP) is 3.39. The second kappa shape index (κ2) is 8.95. The number of benzene rings is 2. The average Bonchev–Trinajstić information content (AvgIpc) is 3.45. The number of nitrogens with zero attached hydrogens (tertiary/aromatic N) is 3. The first-order valence-corrected chi connectivity index (χ1v) is 14.1. The molecule has 0 radical (unpaired) electrons. The Morgan fingerprint density at radius 1 is 1.00 bits per heavy atom. The van der Waals surface area contributed by atoms with Gasteiger partial charge in [-0.05, 0) is 54.6 Å². The minimum atomic E-state index is -3.63. The van der Waals surface area contributed by atoms with E-state index in [9.17, 15) is 21.6 Å². The van der Waals surface area contributed by atoms with Crippen LogP contribution < -0.4 is 4.90 Å². The van der Waals surface area contributed by atoms with Gasteiger partial charge in [0.1, 0.15) is 5.76 Å². The summed E-state index contributed by atoms with van der Waals surface area (Å²) in [6.07, 6.45) is 2.62. The number of amides is 1. The summed E-state index contributed by atoms with van der Waals surface area (Å²) >= 11 is 1.18. The lowest BCUT2D eigenvalue weighted by Crippen LogP contribution is -2.30. The second-order valence-electron chi connectivity index (χ2n) is 7.68. The van der Waals surface area contributed by atoms with Crippen LogP contribution in [-0.4, -0.2) is 52.4 Å². The van der Waals surface area contributed by atoms with Crippen LogP contribution in [0.25, 0.3) is 10.2 Å². The van der Waals surface area contributed by atoms with Crippen molar-refractivity contribution in [1.82, 2.24) is 9.29 Å². The van der Waals surface area contributed by atoms with Gasteiger partial charge in [0.05, 0.1) is 32.8 Å². The predicted molar refractivity (Wildman–Crippen MR) is 129 cm³/mol. The molecule has 34 heavy (non-hydrogen) atoms. The van der Waals surface area contributed by atoms with Crippen LogP contribution in [0.5, 0.6) is 0 Å². The Morgan fingerprint density at radius 2 is 1.68 bits per heavy atom. The standard InChI is InChI=1S/C22H21N3O6S3/c1-24(2)34(29,30)17-8-6-15(7-9-17)21(26)25(14-16-5-4-12-31-16)22-23-19-11-10-18(33(3,27)28)13-20(19)32-22/h4-13H,14H2,1-3H3. The Balaban J connectivity index is 1.74. The van der Waals surface area contributed by atoms with Crippen molar-refractivity contribution in [2.45, 2.75) is 16.3 Å². The fraction of sp³-hybridized carbons (Fsp3) is 0.182. The van der Waals surface area contributed by atoms with E-state index < -0.39 is 25.8 Å².